The highest BCUT2D eigenvalue weighted by Gasteiger charge is 2.05. The van der Waals surface area contributed by atoms with Crippen molar-refractivity contribution < 1.29 is 4.79 Å². The lowest BCUT2D eigenvalue weighted by Crippen LogP contribution is -1.94. The Morgan fingerprint density at radius 2 is 2.56 bits per heavy atom. The average molecular weight is 209 g/mol. The molecule has 0 spiro atoms. The molecule has 0 saturated heterocycles. The van der Waals surface area contributed by atoms with Gasteiger partial charge in [0, 0.05) is 0 Å². The Morgan fingerprint density at radius 1 is 1.89 bits per heavy atom. The molecule has 0 aliphatic carbocycles. The fraction of sp³-hybridized carbons (Fsp3) is 0. The summed E-state index contributed by atoms with van der Waals surface area (Å²) in [5, 5.41) is 3.14. The minimum Gasteiger partial charge on any atom is -0.274 e. The number of aromatic nitrogens is 2. The van der Waals surface area contributed by atoms with Crippen molar-refractivity contribution in [2.45, 2.75) is 0 Å². The van der Waals surface area contributed by atoms with E-state index >= 15 is 0 Å². The minimum atomic E-state index is -0.524. The number of nitrogens with zero attached hydrogens (tertiary/aromatic N) is 2. The molecule has 9 heavy (non-hydrogen) atoms. The number of carbonyl (C=O) groups is 1. The van der Waals surface area contributed by atoms with Gasteiger partial charge in [0.25, 0.3) is 5.24 Å². The van der Waals surface area contributed by atoms with E-state index in [4.69, 9.17) is 11.6 Å². The molecule has 1 aromatic rings. The van der Waals surface area contributed by atoms with Crippen LogP contribution in [-0.4, -0.2) is 14.0 Å². The zero-order valence-electron chi connectivity index (χ0n) is 4.21. The molecule has 3 nitrogen and oxygen atoms in total. The zero-order valence-corrected chi connectivity index (χ0v) is 6.56. The molecule has 0 atom stereocenters. The molecule has 0 aromatic carbocycles. The molecular weight excluding hydrogens is 207 g/mol. The van der Waals surface area contributed by atoms with Crippen molar-refractivity contribution in [2.75, 3.05) is 0 Å². The SMILES string of the molecule is O=C(Cl)c1ccnn1Br. The quantitative estimate of drug-likeness (QED) is 0.656. The topological polar surface area (TPSA) is 34.9 Å². The Hall–Kier alpha value is -0.350. The van der Waals surface area contributed by atoms with Crippen LogP contribution in [0.5, 0.6) is 0 Å². The minimum absolute atomic E-state index is 0.330. The van der Waals surface area contributed by atoms with Gasteiger partial charge in [0.05, 0.1) is 22.3 Å². The van der Waals surface area contributed by atoms with E-state index in [0.717, 1.165) is 0 Å². The molecule has 0 saturated carbocycles. The Kier molecular flexibility index (Phi) is 1.87. The first-order valence-corrected chi connectivity index (χ1v) is 3.20. The average Bonchev–Trinajstić information content (AvgIpc) is 2.13. The van der Waals surface area contributed by atoms with Crippen molar-refractivity contribution in [1.82, 2.24) is 8.81 Å². The van der Waals surface area contributed by atoms with E-state index in [1.54, 1.807) is 0 Å². The fourth-order valence-electron chi connectivity index (χ4n) is 0.424. The summed E-state index contributed by atoms with van der Waals surface area (Å²) in [6.45, 7) is 0. The van der Waals surface area contributed by atoms with Gasteiger partial charge in [-0.1, -0.05) is 0 Å². The smallest absolute Gasteiger partial charge is 0.271 e. The number of hydrogen-bond donors (Lipinski definition) is 0. The lowest BCUT2D eigenvalue weighted by Gasteiger charge is -1.87. The van der Waals surface area contributed by atoms with Crippen molar-refractivity contribution in [3.05, 3.63) is 18.0 Å². The molecular formula is C4H2BrClN2O. The van der Waals surface area contributed by atoms with Crippen molar-refractivity contribution in [3.8, 4) is 0 Å². The highest BCUT2D eigenvalue weighted by atomic mass is 79.9. The third-order valence-corrected chi connectivity index (χ3v) is 1.56. The standard InChI is InChI=1S/C4H2BrClN2O/c5-8-3(4(6)9)1-2-7-8/h1-2H. The third kappa shape index (κ3) is 1.31. The third-order valence-electron chi connectivity index (χ3n) is 0.801. The summed E-state index contributed by atoms with van der Waals surface area (Å²) < 4.78 is 1.24. The molecule has 0 radical (unpaired) electrons. The fourth-order valence-corrected chi connectivity index (χ4v) is 1.05. The number of hydrogen-bond acceptors (Lipinski definition) is 2. The Balaban J connectivity index is 3.08. The van der Waals surface area contributed by atoms with Crippen LogP contribution in [0.2, 0.25) is 0 Å². The van der Waals surface area contributed by atoms with Crippen LogP contribution in [0.4, 0.5) is 0 Å². The molecule has 0 aliphatic heterocycles. The zero-order chi connectivity index (χ0) is 6.85. The van der Waals surface area contributed by atoms with Gasteiger partial charge >= 0.3 is 0 Å². The summed E-state index contributed by atoms with van der Waals surface area (Å²) in [6, 6.07) is 1.52. The van der Waals surface area contributed by atoms with Gasteiger partial charge in [-0.05, 0) is 17.7 Å². The summed E-state index contributed by atoms with van der Waals surface area (Å²) in [4.78, 5) is 10.4. The maximum Gasteiger partial charge on any atom is 0.271 e. The number of halogens is 2. The summed E-state index contributed by atoms with van der Waals surface area (Å²) >= 11 is 8.09. The van der Waals surface area contributed by atoms with E-state index in [1.807, 2.05) is 0 Å². The summed E-state index contributed by atoms with van der Waals surface area (Å²) in [7, 11) is 0. The Labute approximate surface area is 64.9 Å². The van der Waals surface area contributed by atoms with Crippen LogP contribution in [0.1, 0.15) is 10.5 Å². The predicted molar refractivity (Wildman–Crippen MR) is 36.7 cm³/mol. The second-order valence-corrected chi connectivity index (χ2v) is 2.37. The number of rotatable bonds is 1. The molecule has 1 heterocycles. The summed E-state index contributed by atoms with van der Waals surface area (Å²) in [5.41, 5.74) is 0.330. The highest BCUT2D eigenvalue weighted by Crippen LogP contribution is 2.04. The van der Waals surface area contributed by atoms with E-state index in [-0.39, 0.29) is 0 Å². The van der Waals surface area contributed by atoms with Crippen LogP contribution >= 0.6 is 27.7 Å². The number of carbonyl (C=O) groups excluding carboxylic acids is 1. The summed E-state index contributed by atoms with van der Waals surface area (Å²) in [5.74, 6) is 0. The Morgan fingerprint density at radius 3 is 2.78 bits per heavy atom. The molecule has 0 fully saturated rings. The maximum absolute atomic E-state index is 10.4. The lowest BCUT2D eigenvalue weighted by atomic mass is 10.5. The van der Waals surface area contributed by atoms with Crippen molar-refractivity contribution >= 4 is 33.0 Å². The molecule has 5 heteroatoms. The normalized spacial score (nSPS) is 9.56. The van der Waals surface area contributed by atoms with E-state index in [2.05, 4.69) is 21.2 Å². The molecule has 0 aliphatic rings. The van der Waals surface area contributed by atoms with Gasteiger partial charge in [-0.3, -0.25) is 4.79 Å². The lowest BCUT2D eigenvalue weighted by molar-refractivity contribution is 0.107. The van der Waals surface area contributed by atoms with Gasteiger partial charge in [-0.2, -0.15) is 8.81 Å². The van der Waals surface area contributed by atoms with Crippen LogP contribution in [0.15, 0.2) is 12.3 Å². The second-order valence-electron chi connectivity index (χ2n) is 1.35. The van der Waals surface area contributed by atoms with Crippen molar-refractivity contribution in [2.24, 2.45) is 0 Å². The summed E-state index contributed by atoms with van der Waals surface area (Å²) in [6.07, 6.45) is 1.48. The molecule has 0 bridgehead atoms. The van der Waals surface area contributed by atoms with Crippen LogP contribution < -0.4 is 0 Å². The van der Waals surface area contributed by atoms with E-state index < -0.39 is 5.24 Å². The largest absolute Gasteiger partial charge is 0.274 e. The molecule has 1 aromatic heterocycles. The maximum atomic E-state index is 10.4. The molecule has 0 N–H and O–H groups in total. The Bertz CT molecular complexity index is 234. The van der Waals surface area contributed by atoms with Crippen LogP contribution in [0, 0.1) is 0 Å². The van der Waals surface area contributed by atoms with Crippen LogP contribution in [0.3, 0.4) is 0 Å². The molecule has 48 valence electrons. The van der Waals surface area contributed by atoms with Crippen molar-refractivity contribution in [3.63, 3.8) is 0 Å². The van der Waals surface area contributed by atoms with Gasteiger partial charge < -0.3 is 0 Å². The van der Waals surface area contributed by atoms with Crippen molar-refractivity contribution in [1.29, 1.82) is 0 Å². The molecule has 0 unspecified atom stereocenters. The van der Waals surface area contributed by atoms with Crippen LogP contribution in [-0.2, 0) is 0 Å². The monoisotopic (exact) mass is 208 g/mol. The first-order valence-electron chi connectivity index (χ1n) is 2.12. The van der Waals surface area contributed by atoms with Gasteiger partial charge in [0.1, 0.15) is 5.69 Å². The van der Waals surface area contributed by atoms with Gasteiger partial charge in [-0.25, -0.2) is 0 Å². The molecule has 1 rings (SSSR count). The first kappa shape index (κ1) is 6.77. The van der Waals surface area contributed by atoms with Gasteiger partial charge in [0.2, 0.25) is 0 Å². The van der Waals surface area contributed by atoms with Gasteiger partial charge in [0.15, 0.2) is 0 Å². The predicted octanol–water partition coefficient (Wildman–Crippen LogP) is 1.42. The first-order chi connectivity index (χ1) is 4.22. The second kappa shape index (κ2) is 2.49. The van der Waals surface area contributed by atoms with E-state index in [0.29, 0.717) is 5.69 Å². The van der Waals surface area contributed by atoms with Gasteiger partial charge in [-0.15, -0.1) is 0 Å². The highest BCUT2D eigenvalue weighted by molar-refractivity contribution is 9.08. The van der Waals surface area contributed by atoms with Crippen LogP contribution in [0.25, 0.3) is 0 Å². The van der Waals surface area contributed by atoms with E-state index in [1.165, 1.54) is 16.0 Å². The molecule has 0 amide bonds. The van der Waals surface area contributed by atoms with E-state index in [9.17, 15) is 4.79 Å².